The summed E-state index contributed by atoms with van der Waals surface area (Å²) in [6.07, 6.45) is 0. The van der Waals surface area contributed by atoms with E-state index in [1.165, 1.54) is 10.8 Å². The van der Waals surface area contributed by atoms with Crippen LogP contribution in [0.15, 0.2) is 66.7 Å². The lowest BCUT2D eigenvalue weighted by molar-refractivity contribution is -0.383. The first-order valence-electron chi connectivity index (χ1n) is 6.73. The van der Waals surface area contributed by atoms with Crippen LogP contribution in [0.5, 0.6) is 0 Å². The highest BCUT2D eigenvalue weighted by Crippen LogP contribution is 2.34. The fourth-order valence-corrected chi connectivity index (χ4v) is 3.00. The van der Waals surface area contributed by atoms with Gasteiger partial charge in [0.15, 0.2) is 0 Å². The second-order valence-corrected chi connectivity index (χ2v) is 5.08. The van der Waals surface area contributed by atoms with E-state index in [0.717, 1.165) is 16.2 Å². The van der Waals surface area contributed by atoms with Crippen molar-refractivity contribution in [3.63, 3.8) is 0 Å². The zero-order valence-corrected chi connectivity index (χ0v) is 11.1. The predicted octanol–water partition coefficient (Wildman–Crippen LogP) is 5.05. The SMILES string of the molecule is O=[N+]([O-])c1cccc2c1ccc1c3ccccc3ccc21. The standard InChI is InChI=1S/C18H11NO2/c20-19(21)18-7-3-6-14-16-9-8-12-4-1-2-5-13(12)15(16)10-11-17(14)18/h1-11H. The molecule has 0 unspecified atom stereocenters. The summed E-state index contributed by atoms with van der Waals surface area (Å²) in [6, 6.07) is 21.4. The number of rotatable bonds is 1. The van der Waals surface area contributed by atoms with Crippen LogP contribution in [0.3, 0.4) is 0 Å². The third kappa shape index (κ3) is 1.68. The van der Waals surface area contributed by atoms with E-state index < -0.39 is 0 Å². The lowest BCUT2D eigenvalue weighted by atomic mass is 9.96. The molecule has 3 nitrogen and oxygen atoms in total. The molecule has 100 valence electrons. The number of fused-ring (bicyclic) bond motifs is 5. The molecule has 0 amide bonds. The van der Waals surface area contributed by atoms with Gasteiger partial charge in [0.05, 0.1) is 10.3 Å². The minimum atomic E-state index is -0.324. The van der Waals surface area contributed by atoms with Gasteiger partial charge in [-0.15, -0.1) is 0 Å². The molecule has 0 fully saturated rings. The Morgan fingerprint density at radius 2 is 1.24 bits per heavy atom. The van der Waals surface area contributed by atoms with Gasteiger partial charge in [0.2, 0.25) is 0 Å². The highest BCUT2D eigenvalue weighted by atomic mass is 16.6. The molecule has 0 aliphatic heterocycles. The molecule has 0 saturated carbocycles. The van der Waals surface area contributed by atoms with Crippen molar-refractivity contribution < 1.29 is 4.92 Å². The minimum Gasteiger partial charge on any atom is -0.258 e. The van der Waals surface area contributed by atoms with Gasteiger partial charge in [-0.25, -0.2) is 0 Å². The molecule has 0 bridgehead atoms. The second kappa shape index (κ2) is 4.28. The predicted molar refractivity (Wildman–Crippen MR) is 85.6 cm³/mol. The van der Waals surface area contributed by atoms with Crippen LogP contribution in [0.4, 0.5) is 5.69 Å². The first-order chi connectivity index (χ1) is 10.3. The van der Waals surface area contributed by atoms with Gasteiger partial charge >= 0.3 is 0 Å². The molecule has 0 spiro atoms. The van der Waals surface area contributed by atoms with Gasteiger partial charge in [0.25, 0.3) is 5.69 Å². The molecule has 0 aliphatic carbocycles. The van der Waals surface area contributed by atoms with E-state index in [2.05, 4.69) is 18.2 Å². The Balaban J connectivity index is 2.23. The van der Waals surface area contributed by atoms with Crippen molar-refractivity contribution >= 4 is 38.0 Å². The number of nitrogens with zero attached hydrogens (tertiary/aromatic N) is 1. The number of nitro benzene ring substituents is 1. The summed E-state index contributed by atoms with van der Waals surface area (Å²) in [5, 5.41) is 17.3. The first-order valence-corrected chi connectivity index (χ1v) is 6.73. The summed E-state index contributed by atoms with van der Waals surface area (Å²) in [5.74, 6) is 0. The van der Waals surface area contributed by atoms with Gasteiger partial charge in [-0.05, 0) is 33.0 Å². The van der Waals surface area contributed by atoms with Crippen LogP contribution >= 0.6 is 0 Å². The maximum absolute atomic E-state index is 11.2. The second-order valence-electron chi connectivity index (χ2n) is 5.08. The summed E-state index contributed by atoms with van der Waals surface area (Å²) >= 11 is 0. The zero-order valence-electron chi connectivity index (χ0n) is 11.1. The fourth-order valence-electron chi connectivity index (χ4n) is 3.00. The smallest absolute Gasteiger partial charge is 0.258 e. The van der Waals surface area contributed by atoms with E-state index in [-0.39, 0.29) is 10.6 Å². The maximum Gasteiger partial charge on any atom is 0.277 e. The topological polar surface area (TPSA) is 43.1 Å². The molecule has 4 aromatic rings. The Kier molecular flexibility index (Phi) is 2.42. The summed E-state index contributed by atoms with van der Waals surface area (Å²) in [5.41, 5.74) is 0.155. The van der Waals surface area contributed by atoms with E-state index in [4.69, 9.17) is 0 Å². The van der Waals surface area contributed by atoms with Crippen molar-refractivity contribution in [2.45, 2.75) is 0 Å². The third-order valence-electron chi connectivity index (χ3n) is 3.96. The lowest BCUT2D eigenvalue weighted by Gasteiger charge is -2.07. The molecule has 21 heavy (non-hydrogen) atoms. The monoisotopic (exact) mass is 273 g/mol. The van der Waals surface area contributed by atoms with Crippen molar-refractivity contribution in [1.82, 2.24) is 0 Å². The van der Waals surface area contributed by atoms with Crippen molar-refractivity contribution in [2.24, 2.45) is 0 Å². The zero-order chi connectivity index (χ0) is 14.4. The lowest BCUT2D eigenvalue weighted by Crippen LogP contribution is -1.89. The first kappa shape index (κ1) is 11.9. The minimum absolute atomic E-state index is 0.155. The fraction of sp³-hybridized carbons (Fsp3) is 0. The number of non-ortho nitro benzene ring substituents is 1. The number of hydrogen-bond donors (Lipinski definition) is 0. The molecule has 0 aromatic heterocycles. The van der Waals surface area contributed by atoms with Gasteiger partial charge < -0.3 is 0 Å². The number of hydrogen-bond acceptors (Lipinski definition) is 2. The largest absolute Gasteiger partial charge is 0.277 e. The van der Waals surface area contributed by atoms with E-state index in [0.29, 0.717) is 5.39 Å². The molecule has 0 radical (unpaired) electrons. The maximum atomic E-state index is 11.2. The Morgan fingerprint density at radius 3 is 2.10 bits per heavy atom. The van der Waals surface area contributed by atoms with Gasteiger partial charge in [0.1, 0.15) is 0 Å². The molecule has 4 aromatic carbocycles. The van der Waals surface area contributed by atoms with Crippen LogP contribution in [-0.4, -0.2) is 4.92 Å². The Labute approximate surface area is 120 Å². The van der Waals surface area contributed by atoms with Crippen molar-refractivity contribution in [2.75, 3.05) is 0 Å². The Bertz CT molecular complexity index is 1020. The van der Waals surface area contributed by atoms with E-state index in [9.17, 15) is 10.1 Å². The Hall–Kier alpha value is -2.94. The highest BCUT2D eigenvalue weighted by Gasteiger charge is 2.13. The van der Waals surface area contributed by atoms with Crippen LogP contribution in [0.1, 0.15) is 0 Å². The molecule has 0 N–H and O–H groups in total. The van der Waals surface area contributed by atoms with Gasteiger partial charge in [-0.2, -0.15) is 0 Å². The van der Waals surface area contributed by atoms with Crippen LogP contribution in [0.2, 0.25) is 0 Å². The van der Waals surface area contributed by atoms with E-state index in [1.807, 2.05) is 36.4 Å². The molecule has 0 aliphatic rings. The average molecular weight is 273 g/mol. The van der Waals surface area contributed by atoms with E-state index >= 15 is 0 Å². The average Bonchev–Trinajstić information content (AvgIpc) is 2.53. The van der Waals surface area contributed by atoms with Crippen molar-refractivity contribution in [3.8, 4) is 0 Å². The van der Waals surface area contributed by atoms with Crippen molar-refractivity contribution in [3.05, 3.63) is 76.8 Å². The molecular weight excluding hydrogens is 262 g/mol. The van der Waals surface area contributed by atoms with Crippen LogP contribution in [0.25, 0.3) is 32.3 Å². The van der Waals surface area contributed by atoms with Crippen LogP contribution < -0.4 is 0 Å². The molecule has 0 heterocycles. The molecular formula is C18H11NO2. The summed E-state index contributed by atoms with van der Waals surface area (Å²) in [4.78, 5) is 10.8. The molecule has 3 heteroatoms. The van der Waals surface area contributed by atoms with Gasteiger partial charge in [-0.1, -0.05) is 54.6 Å². The van der Waals surface area contributed by atoms with Crippen LogP contribution in [0, 0.1) is 10.1 Å². The van der Waals surface area contributed by atoms with Crippen LogP contribution in [-0.2, 0) is 0 Å². The number of benzene rings is 4. The van der Waals surface area contributed by atoms with Crippen molar-refractivity contribution in [1.29, 1.82) is 0 Å². The quantitative estimate of drug-likeness (QED) is 0.276. The summed E-state index contributed by atoms with van der Waals surface area (Å²) in [6.45, 7) is 0. The third-order valence-corrected chi connectivity index (χ3v) is 3.96. The normalized spacial score (nSPS) is 11.2. The molecule has 4 rings (SSSR count). The molecule has 0 saturated heterocycles. The molecule has 0 atom stereocenters. The number of nitro groups is 1. The Morgan fingerprint density at radius 1 is 0.619 bits per heavy atom. The summed E-state index contributed by atoms with van der Waals surface area (Å²) < 4.78 is 0. The highest BCUT2D eigenvalue weighted by molar-refractivity contribution is 6.18. The summed E-state index contributed by atoms with van der Waals surface area (Å²) in [7, 11) is 0. The van der Waals surface area contributed by atoms with Gasteiger partial charge in [-0.3, -0.25) is 10.1 Å². The van der Waals surface area contributed by atoms with E-state index in [1.54, 1.807) is 12.1 Å². The van der Waals surface area contributed by atoms with Gasteiger partial charge in [0, 0.05) is 6.07 Å².